The van der Waals surface area contributed by atoms with Crippen molar-refractivity contribution in [2.24, 2.45) is 0 Å². The maximum Gasteiger partial charge on any atom is 0.0431 e. The van der Waals surface area contributed by atoms with Gasteiger partial charge in [-0.1, -0.05) is 54.9 Å². The van der Waals surface area contributed by atoms with Gasteiger partial charge in [-0.25, -0.2) is 0 Å². The molecular weight excluding hydrogens is 537 g/mol. The first-order valence-corrected chi connectivity index (χ1v) is 17.1. The lowest BCUT2D eigenvalue weighted by Crippen LogP contribution is -2.14. The Morgan fingerprint density at radius 1 is 0.579 bits per heavy atom. The van der Waals surface area contributed by atoms with Crippen LogP contribution in [0.2, 0.25) is 0 Å². The van der Waals surface area contributed by atoms with Crippen molar-refractivity contribution in [2.45, 2.75) is 78.6 Å². The second-order valence-electron chi connectivity index (χ2n) is 12.5. The highest BCUT2D eigenvalue weighted by atomic mass is 32.1. The minimum absolute atomic E-state index is 0.147. The van der Waals surface area contributed by atoms with Crippen LogP contribution in [-0.2, 0) is 17.3 Å². The van der Waals surface area contributed by atoms with Gasteiger partial charge in [-0.05, 0) is 65.4 Å². The summed E-state index contributed by atoms with van der Waals surface area (Å²) in [6, 6.07) is 14.9. The highest BCUT2D eigenvalue weighted by Crippen LogP contribution is 2.50. The predicted octanol–water partition coefficient (Wildman–Crippen LogP) is 12.8. The van der Waals surface area contributed by atoms with Crippen LogP contribution in [0.1, 0.15) is 75.9 Å². The van der Waals surface area contributed by atoms with Gasteiger partial charge in [0.2, 0.25) is 0 Å². The standard InChI is InChI=1S/C34H34S4/c1-8-11-34(6,7)28-17-25-19-10-12-35-29(19)21-14-24-23(15-22(21)31(25)38-28)30-20(13-18(9-2)36-30)26-16-27(33(3,4)5)37-32(24)26/h10,12-17H,8-9,11H2,1-7H3. The third-order valence-corrected chi connectivity index (χ3v) is 13.6. The van der Waals surface area contributed by atoms with Crippen molar-refractivity contribution in [1.29, 1.82) is 0 Å². The molecule has 0 bridgehead atoms. The minimum atomic E-state index is 0.147. The molecule has 0 aliphatic carbocycles. The van der Waals surface area contributed by atoms with Crippen LogP contribution in [0.25, 0.3) is 61.9 Å². The molecule has 7 rings (SSSR count). The quantitative estimate of drug-likeness (QED) is 0.185. The van der Waals surface area contributed by atoms with E-state index in [-0.39, 0.29) is 10.8 Å². The molecule has 4 heterocycles. The maximum atomic E-state index is 2.56. The molecule has 0 N–H and O–H groups in total. The van der Waals surface area contributed by atoms with E-state index in [0.717, 1.165) is 6.42 Å². The Morgan fingerprint density at radius 3 is 1.74 bits per heavy atom. The molecule has 0 amide bonds. The summed E-state index contributed by atoms with van der Waals surface area (Å²) < 4.78 is 5.83. The van der Waals surface area contributed by atoms with Gasteiger partial charge in [0.15, 0.2) is 0 Å². The molecule has 4 aromatic heterocycles. The van der Waals surface area contributed by atoms with Gasteiger partial charge in [-0.3, -0.25) is 0 Å². The number of hydrogen-bond acceptors (Lipinski definition) is 4. The highest BCUT2D eigenvalue weighted by Gasteiger charge is 2.25. The van der Waals surface area contributed by atoms with Gasteiger partial charge in [0.25, 0.3) is 0 Å². The first-order chi connectivity index (χ1) is 18.1. The molecule has 0 fully saturated rings. The van der Waals surface area contributed by atoms with Crippen molar-refractivity contribution >= 4 is 107 Å². The van der Waals surface area contributed by atoms with Gasteiger partial charge < -0.3 is 0 Å². The molecule has 0 unspecified atom stereocenters. The van der Waals surface area contributed by atoms with Crippen molar-refractivity contribution in [1.82, 2.24) is 0 Å². The average molecular weight is 571 g/mol. The Kier molecular flexibility index (Phi) is 5.60. The van der Waals surface area contributed by atoms with Crippen molar-refractivity contribution in [3.8, 4) is 0 Å². The van der Waals surface area contributed by atoms with Gasteiger partial charge >= 0.3 is 0 Å². The zero-order valence-electron chi connectivity index (χ0n) is 23.3. The highest BCUT2D eigenvalue weighted by molar-refractivity contribution is 7.23. The molecule has 0 aliphatic heterocycles. The van der Waals surface area contributed by atoms with E-state index < -0.39 is 0 Å². The Balaban J connectivity index is 1.67. The van der Waals surface area contributed by atoms with E-state index in [1.807, 2.05) is 45.3 Å². The van der Waals surface area contributed by atoms with E-state index in [9.17, 15) is 0 Å². The molecule has 3 aromatic carbocycles. The molecule has 0 aliphatic rings. The SMILES string of the molecule is CCCC(C)(C)c1cc2c3ccsc3c3cc4c(cc3c2s1)c1sc(CC)cc1c1cc(C(C)(C)C)sc14. The fraction of sp³-hybridized carbons (Fsp3) is 0.353. The van der Waals surface area contributed by atoms with E-state index in [2.05, 4.69) is 90.2 Å². The molecule has 0 spiro atoms. The Bertz CT molecular complexity index is 2030. The normalized spacial score (nSPS) is 13.4. The number of fused-ring (bicyclic) bond motifs is 12. The third-order valence-electron chi connectivity index (χ3n) is 8.26. The zero-order chi connectivity index (χ0) is 26.6. The summed E-state index contributed by atoms with van der Waals surface area (Å²) in [4.78, 5) is 4.48. The van der Waals surface area contributed by atoms with Gasteiger partial charge in [0, 0.05) is 76.5 Å². The first-order valence-electron chi connectivity index (χ1n) is 13.8. The molecule has 0 saturated heterocycles. The topological polar surface area (TPSA) is 0 Å². The second-order valence-corrected chi connectivity index (χ2v) is 16.7. The zero-order valence-corrected chi connectivity index (χ0v) is 26.6. The lowest BCUT2D eigenvalue weighted by molar-refractivity contribution is 0.482. The maximum absolute atomic E-state index is 2.56. The number of benzene rings is 3. The average Bonchev–Trinajstić information content (AvgIpc) is 3.65. The molecule has 7 aromatic rings. The Labute approximate surface area is 240 Å². The summed E-state index contributed by atoms with van der Waals surface area (Å²) in [5.74, 6) is 0. The number of rotatable bonds is 4. The molecule has 0 radical (unpaired) electrons. The fourth-order valence-corrected chi connectivity index (χ4v) is 10.8. The summed E-state index contributed by atoms with van der Waals surface area (Å²) in [6.07, 6.45) is 3.52. The van der Waals surface area contributed by atoms with Crippen LogP contribution < -0.4 is 0 Å². The van der Waals surface area contributed by atoms with Crippen molar-refractivity contribution in [2.75, 3.05) is 0 Å². The summed E-state index contributed by atoms with van der Waals surface area (Å²) in [5, 5.41) is 13.8. The van der Waals surface area contributed by atoms with Crippen molar-refractivity contribution in [3.63, 3.8) is 0 Å². The minimum Gasteiger partial charge on any atom is -0.143 e. The molecule has 0 saturated carbocycles. The molecule has 4 heteroatoms. The lowest BCUT2D eigenvalue weighted by Gasteiger charge is -2.22. The van der Waals surface area contributed by atoms with Gasteiger partial charge in [0.05, 0.1) is 0 Å². The second kappa shape index (κ2) is 8.51. The molecule has 38 heavy (non-hydrogen) atoms. The molecule has 0 atom stereocenters. The van der Waals surface area contributed by atoms with Crippen LogP contribution in [0.3, 0.4) is 0 Å². The largest absolute Gasteiger partial charge is 0.143 e. The summed E-state index contributed by atoms with van der Waals surface area (Å²) in [7, 11) is 0. The monoisotopic (exact) mass is 570 g/mol. The summed E-state index contributed by atoms with van der Waals surface area (Å²) >= 11 is 7.95. The van der Waals surface area contributed by atoms with Crippen LogP contribution in [0.4, 0.5) is 0 Å². The third kappa shape index (κ3) is 3.56. The van der Waals surface area contributed by atoms with Crippen molar-refractivity contribution < 1.29 is 0 Å². The predicted molar refractivity (Wildman–Crippen MR) is 179 cm³/mol. The molecular formula is C34H34S4. The van der Waals surface area contributed by atoms with Gasteiger partial charge in [-0.15, -0.1) is 45.3 Å². The first kappa shape index (κ1) is 25.0. The molecule has 194 valence electrons. The van der Waals surface area contributed by atoms with Crippen LogP contribution in [0.5, 0.6) is 0 Å². The van der Waals surface area contributed by atoms with Gasteiger partial charge in [0.1, 0.15) is 0 Å². The van der Waals surface area contributed by atoms with E-state index in [1.165, 1.54) is 89.4 Å². The van der Waals surface area contributed by atoms with Crippen LogP contribution in [-0.4, -0.2) is 0 Å². The van der Waals surface area contributed by atoms with Gasteiger partial charge in [-0.2, -0.15) is 0 Å². The summed E-state index contributed by atoms with van der Waals surface area (Å²) in [5.41, 5.74) is 0.349. The number of thiophene rings is 4. The Hall–Kier alpha value is -1.98. The molecule has 0 nitrogen and oxygen atoms in total. The smallest absolute Gasteiger partial charge is 0.0431 e. The van der Waals surface area contributed by atoms with Crippen molar-refractivity contribution in [3.05, 3.63) is 56.4 Å². The number of hydrogen-bond donors (Lipinski definition) is 0. The van der Waals surface area contributed by atoms with E-state index in [4.69, 9.17) is 0 Å². The summed E-state index contributed by atoms with van der Waals surface area (Å²) in [6.45, 7) is 16.5. The fourth-order valence-electron chi connectivity index (χ4n) is 6.13. The lowest BCUT2D eigenvalue weighted by atomic mass is 9.86. The van der Waals surface area contributed by atoms with Crippen LogP contribution in [0, 0.1) is 0 Å². The van der Waals surface area contributed by atoms with Crippen LogP contribution >= 0.6 is 45.3 Å². The van der Waals surface area contributed by atoms with E-state index in [0.29, 0.717) is 0 Å². The van der Waals surface area contributed by atoms with E-state index in [1.54, 1.807) is 0 Å². The van der Waals surface area contributed by atoms with E-state index >= 15 is 0 Å². The van der Waals surface area contributed by atoms with Crippen LogP contribution in [0.15, 0.2) is 41.8 Å². The number of aryl methyl sites for hydroxylation is 1. The Morgan fingerprint density at radius 2 is 1.11 bits per heavy atom.